The Labute approximate surface area is 99.8 Å². The first-order valence-electron chi connectivity index (χ1n) is 5.22. The second-order valence-corrected chi connectivity index (χ2v) is 7.93. The third kappa shape index (κ3) is 2.00. The highest BCUT2D eigenvalue weighted by Crippen LogP contribution is 1.99. The summed E-state index contributed by atoms with van der Waals surface area (Å²) in [6.45, 7) is 0. The van der Waals surface area contributed by atoms with Crippen LogP contribution in [0.3, 0.4) is 0 Å². The quantitative estimate of drug-likeness (QED) is 0.740. The first kappa shape index (κ1) is 11.3. The zero-order chi connectivity index (χ0) is 11.4. The van der Waals surface area contributed by atoms with E-state index in [-0.39, 0.29) is 0 Å². The minimum absolute atomic E-state index is 0.653. The molecule has 2 aromatic carbocycles. The van der Waals surface area contributed by atoms with E-state index in [1.807, 2.05) is 36.4 Å². The van der Waals surface area contributed by atoms with Gasteiger partial charge in [-0.15, -0.1) is 0 Å². The molecular formula is C12H15NOSi2. The standard InChI is InChI=1S/C12H15NOSi2/c13-16(14-15,11-7-3-1-4-8-11)12-9-5-2-6-10-12/h1-10H,13H2,15H3. The predicted molar refractivity (Wildman–Crippen MR) is 73.1 cm³/mol. The van der Waals surface area contributed by atoms with Gasteiger partial charge in [0.25, 0.3) is 0 Å². The second-order valence-electron chi connectivity index (χ2n) is 3.67. The second kappa shape index (κ2) is 4.75. The van der Waals surface area contributed by atoms with Crippen LogP contribution in [0.1, 0.15) is 0 Å². The van der Waals surface area contributed by atoms with Crippen LogP contribution >= 0.6 is 0 Å². The van der Waals surface area contributed by atoms with Crippen LogP contribution in [0.15, 0.2) is 60.7 Å². The molecule has 0 spiro atoms. The summed E-state index contributed by atoms with van der Waals surface area (Å²) in [6.07, 6.45) is 0. The molecule has 2 N–H and O–H groups in total. The van der Waals surface area contributed by atoms with Crippen LogP contribution in [0.4, 0.5) is 0 Å². The first-order chi connectivity index (χ1) is 7.77. The van der Waals surface area contributed by atoms with Gasteiger partial charge in [-0.3, -0.25) is 0 Å². The van der Waals surface area contributed by atoms with Crippen LogP contribution in [0.2, 0.25) is 0 Å². The monoisotopic (exact) mass is 245 g/mol. The molecule has 0 aromatic heterocycles. The number of benzene rings is 2. The zero-order valence-corrected chi connectivity index (χ0v) is 12.3. The molecule has 0 aliphatic carbocycles. The van der Waals surface area contributed by atoms with E-state index in [1.165, 1.54) is 0 Å². The van der Waals surface area contributed by atoms with Crippen LogP contribution in [-0.2, 0) is 4.12 Å². The van der Waals surface area contributed by atoms with E-state index in [0.29, 0.717) is 10.5 Å². The lowest BCUT2D eigenvalue weighted by Crippen LogP contribution is -2.68. The molecule has 0 aliphatic rings. The number of hydrogen-bond donors (Lipinski definition) is 1. The zero-order valence-electron chi connectivity index (χ0n) is 9.26. The van der Waals surface area contributed by atoms with Gasteiger partial charge in [-0.05, 0) is 10.4 Å². The Hall–Kier alpha value is -1.21. The van der Waals surface area contributed by atoms with Gasteiger partial charge in [-0.1, -0.05) is 60.7 Å². The Kier molecular flexibility index (Phi) is 3.35. The molecule has 0 atom stereocenters. The van der Waals surface area contributed by atoms with Crippen molar-refractivity contribution in [3.05, 3.63) is 60.7 Å². The molecule has 0 fully saturated rings. The molecule has 82 valence electrons. The Morgan fingerprint density at radius 3 is 1.50 bits per heavy atom. The van der Waals surface area contributed by atoms with E-state index in [4.69, 9.17) is 9.51 Å². The van der Waals surface area contributed by atoms with E-state index >= 15 is 0 Å². The molecule has 0 amide bonds. The van der Waals surface area contributed by atoms with E-state index in [0.717, 1.165) is 10.4 Å². The van der Waals surface area contributed by atoms with Crippen LogP contribution in [-0.4, -0.2) is 19.0 Å². The molecule has 0 heterocycles. The smallest absolute Gasteiger partial charge is 0.322 e. The van der Waals surface area contributed by atoms with Crippen molar-refractivity contribution in [2.75, 3.05) is 0 Å². The number of hydrogen-bond acceptors (Lipinski definition) is 2. The summed E-state index contributed by atoms with van der Waals surface area (Å²) < 4.78 is 5.77. The van der Waals surface area contributed by atoms with Crippen molar-refractivity contribution in [3.8, 4) is 0 Å². The van der Waals surface area contributed by atoms with Crippen LogP contribution in [0.25, 0.3) is 0 Å². The highest BCUT2D eigenvalue weighted by atomic mass is 28.4. The molecule has 0 aliphatic heterocycles. The van der Waals surface area contributed by atoms with Crippen molar-refractivity contribution in [1.29, 1.82) is 0 Å². The summed E-state index contributed by atoms with van der Waals surface area (Å²) in [5.41, 5.74) is 0. The van der Waals surface area contributed by atoms with Crippen molar-refractivity contribution in [3.63, 3.8) is 0 Å². The van der Waals surface area contributed by atoms with Crippen molar-refractivity contribution in [2.45, 2.75) is 0 Å². The van der Waals surface area contributed by atoms with Crippen LogP contribution in [0, 0.1) is 0 Å². The van der Waals surface area contributed by atoms with E-state index in [9.17, 15) is 0 Å². The lowest BCUT2D eigenvalue weighted by Gasteiger charge is -2.25. The average Bonchev–Trinajstić information content (AvgIpc) is 2.40. The normalized spacial score (nSPS) is 11.6. The van der Waals surface area contributed by atoms with Crippen molar-refractivity contribution >= 4 is 29.3 Å². The lowest BCUT2D eigenvalue weighted by atomic mass is 10.4. The summed E-state index contributed by atoms with van der Waals surface area (Å²) in [5.74, 6) is 0. The summed E-state index contributed by atoms with van der Waals surface area (Å²) in [4.78, 5) is 0. The third-order valence-corrected chi connectivity index (χ3v) is 7.69. The molecule has 0 unspecified atom stereocenters. The van der Waals surface area contributed by atoms with Gasteiger partial charge in [0, 0.05) is 0 Å². The average molecular weight is 245 g/mol. The molecule has 2 nitrogen and oxygen atoms in total. The fourth-order valence-corrected chi connectivity index (χ4v) is 5.37. The maximum atomic E-state index is 6.49. The summed E-state index contributed by atoms with van der Waals surface area (Å²) in [7, 11) is -1.76. The van der Waals surface area contributed by atoms with Gasteiger partial charge in [0.1, 0.15) is 10.5 Å². The highest BCUT2D eigenvalue weighted by molar-refractivity contribution is 6.96. The van der Waals surface area contributed by atoms with Crippen LogP contribution < -0.4 is 15.8 Å². The topological polar surface area (TPSA) is 35.2 Å². The Bertz CT molecular complexity index is 408. The number of rotatable bonds is 3. The van der Waals surface area contributed by atoms with Gasteiger partial charge in [0.05, 0.1) is 0 Å². The van der Waals surface area contributed by atoms with E-state index in [2.05, 4.69) is 24.3 Å². The molecule has 0 saturated carbocycles. The van der Waals surface area contributed by atoms with Gasteiger partial charge < -0.3 is 9.51 Å². The van der Waals surface area contributed by atoms with E-state index < -0.39 is 8.48 Å². The number of nitrogens with two attached hydrogens (primary N) is 1. The van der Waals surface area contributed by atoms with Crippen molar-refractivity contribution in [2.24, 2.45) is 5.40 Å². The summed E-state index contributed by atoms with van der Waals surface area (Å²) >= 11 is 0. The van der Waals surface area contributed by atoms with Crippen LogP contribution in [0.5, 0.6) is 0 Å². The molecular weight excluding hydrogens is 230 g/mol. The van der Waals surface area contributed by atoms with Gasteiger partial charge >= 0.3 is 8.48 Å². The highest BCUT2D eigenvalue weighted by Gasteiger charge is 2.33. The molecule has 0 radical (unpaired) electrons. The predicted octanol–water partition coefficient (Wildman–Crippen LogP) is -0.501. The molecule has 0 bridgehead atoms. The Morgan fingerprint density at radius 1 is 0.812 bits per heavy atom. The SMILES string of the molecule is N[Si](O[SiH3])(c1ccccc1)c1ccccc1. The maximum Gasteiger partial charge on any atom is 0.322 e. The van der Waals surface area contributed by atoms with Crippen molar-refractivity contribution in [1.82, 2.24) is 0 Å². The molecule has 4 heteroatoms. The van der Waals surface area contributed by atoms with Gasteiger partial charge in [-0.2, -0.15) is 0 Å². The molecule has 0 saturated heterocycles. The third-order valence-electron chi connectivity index (χ3n) is 2.73. The lowest BCUT2D eigenvalue weighted by molar-refractivity contribution is 0.628. The Morgan fingerprint density at radius 2 is 1.19 bits per heavy atom. The molecule has 2 rings (SSSR count). The Balaban J connectivity index is 2.49. The molecule has 2 aromatic rings. The fourth-order valence-electron chi connectivity index (χ4n) is 1.77. The molecule has 16 heavy (non-hydrogen) atoms. The van der Waals surface area contributed by atoms with E-state index in [1.54, 1.807) is 0 Å². The minimum atomic E-state index is -2.41. The van der Waals surface area contributed by atoms with Gasteiger partial charge in [0.2, 0.25) is 0 Å². The largest absolute Gasteiger partial charge is 0.447 e. The van der Waals surface area contributed by atoms with Gasteiger partial charge in [-0.25, -0.2) is 0 Å². The van der Waals surface area contributed by atoms with Crippen molar-refractivity contribution < 1.29 is 4.12 Å². The summed E-state index contributed by atoms with van der Waals surface area (Å²) in [6, 6.07) is 20.2. The van der Waals surface area contributed by atoms with Gasteiger partial charge in [0.15, 0.2) is 0 Å². The minimum Gasteiger partial charge on any atom is -0.447 e. The maximum absolute atomic E-state index is 6.49. The first-order valence-corrected chi connectivity index (χ1v) is 8.02. The fraction of sp³-hybridized carbons (Fsp3) is 0. The summed E-state index contributed by atoms with van der Waals surface area (Å²) in [5, 5.41) is 8.73.